The summed E-state index contributed by atoms with van der Waals surface area (Å²) >= 11 is 0. The number of amides is 2. The van der Waals surface area contributed by atoms with Crippen LogP contribution < -0.4 is 9.46 Å². The van der Waals surface area contributed by atoms with Crippen molar-refractivity contribution in [3.63, 3.8) is 0 Å². The lowest BCUT2D eigenvalue weighted by molar-refractivity contribution is -0.140. The van der Waals surface area contributed by atoms with E-state index in [4.69, 9.17) is 4.74 Å². The molecule has 10 nitrogen and oxygen atoms in total. The molecule has 9 rings (SSSR count). The third-order valence-electron chi connectivity index (χ3n) is 12.8. The molecule has 2 aliphatic carbocycles. The molecule has 0 spiro atoms. The number of aromatic nitrogens is 1. The van der Waals surface area contributed by atoms with Gasteiger partial charge in [0.15, 0.2) is 0 Å². The molecule has 4 aromatic rings. The number of methoxy groups -OCH3 is 1. The summed E-state index contributed by atoms with van der Waals surface area (Å²) in [5.74, 6) is 0.747. The number of hydrogen-bond acceptors (Lipinski definition) is 6. The first-order chi connectivity index (χ1) is 25.1. The quantitative estimate of drug-likeness (QED) is 0.244. The highest BCUT2D eigenvalue weighted by atomic mass is 32.2. The van der Waals surface area contributed by atoms with Gasteiger partial charge in [0.05, 0.1) is 18.2 Å². The Labute approximate surface area is 305 Å². The number of carbonyl (C=O) groups excluding carboxylic acids is 2. The summed E-state index contributed by atoms with van der Waals surface area (Å²) < 4.78 is 36.6. The van der Waals surface area contributed by atoms with E-state index in [1.807, 2.05) is 18.2 Å². The van der Waals surface area contributed by atoms with Gasteiger partial charge in [-0.25, -0.2) is 4.72 Å². The Morgan fingerprint density at radius 1 is 0.962 bits per heavy atom. The van der Waals surface area contributed by atoms with Gasteiger partial charge in [0, 0.05) is 80.3 Å². The molecule has 5 aliphatic rings. The molecular weight excluding hydrogens is 675 g/mol. The molecule has 2 bridgehead atoms. The summed E-state index contributed by atoms with van der Waals surface area (Å²) in [6, 6.07) is 23.0. The van der Waals surface area contributed by atoms with Crippen LogP contribution in [0.4, 0.5) is 0 Å². The first-order valence-corrected chi connectivity index (χ1v) is 20.2. The maximum absolute atomic E-state index is 15.1. The summed E-state index contributed by atoms with van der Waals surface area (Å²) in [7, 11) is 0.502. The van der Waals surface area contributed by atoms with E-state index in [1.165, 1.54) is 44.5 Å². The van der Waals surface area contributed by atoms with E-state index in [-0.39, 0.29) is 23.4 Å². The first kappa shape index (κ1) is 33.6. The van der Waals surface area contributed by atoms with Crippen LogP contribution in [0.3, 0.4) is 0 Å². The minimum atomic E-state index is -3.98. The molecule has 1 N–H and O–H groups in total. The number of hydrogen-bond donors (Lipinski definition) is 1. The lowest BCUT2D eigenvalue weighted by atomic mass is 9.81. The molecule has 2 saturated carbocycles. The molecule has 3 aromatic carbocycles. The number of nitrogens with one attached hydrogen (secondary N) is 1. The lowest BCUT2D eigenvalue weighted by Crippen LogP contribution is -2.51. The second-order valence-electron chi connectivity index (χ2n) is 15.9. The fourth-order valence-corrected chi connectivity index (χ4v) is 10.5. The predicted octanol–water partition coefficient (Wildman–Crippen LogP) is 5.87. The number of ether oxygens (including phenoxy) is 1. The van der Waals surface area contributed by atoms with Crippen molar-refractivity contribution >= 4 is 32.9 Å². The van der Waals surface area contributed by atoms with Crippen molar-refractivity contribution in [2.75, 3.05) is 34.3 Å². The Kier molecular flexibility index (Phi) is 8.06. The first-order valence-electron chi connectivity index (χ1n) is 18.8. The third-order valence-corrected chi connectivity index (χ3v) is 14.2. The molecule has 4 fully saturated rings. The van der Waals surface area contributed by atoms with Crippen LogP contribution >= 0.6 is 0 Å². The van der Waals surface area contributed by atoms with Crippen LogP contribution in [0.2, 0.25) is 0 Å². The summed E-state index contributed by atoms with van der Waals surface area (Å²) in [6.45, 7) is 3.04. The van der Waals surface area contributed by atoms with Gasteiger partial charge in [-0.2, -0.15) is 12.7 Å². The van der Waals surface area contributed by atoms with Gasteiger partial charge >= 0.3 is 10.2 Å². The van der Waals surface area contributed by atoms with E-state index >= 15 is 4.79 Å². The normalized spacial score (nSPS) is 25.5. The third kappa shape index (κ3) is 5.38. The second kappa shape index (κ2) is 12.5. The minimum absolute atomic E-state index is 0.0514. The van der Waals surface area contributed by atoms with Crippen LogP contribution in [0.1, 0.15) is 83.8 Å². The van der Waals surface area contributed by atoms with E-state index in [0.717, 1.165) is 83.1 Å². The van der Waals surface area contributed by atoms with Crippen molar-refractivity contribution in [3.05, 3.63) is 89.0 Å². The summed E-state index contributed by atoms with van der Waals surface area (Å²) in [5.41, 5.74) is 6.55. The molecule has 0 unspecified atom stereocenters. The number of benzene rings is 3. The average Bonchev–Trinajstić information content (AvgIpc) is 3.38. The Morgan fingerprint density at radius 3 is 2.46 bits per heavy atom. The molecule has 4 atom stereocenters. The van der Waals surface area contributed by atoms with Crippen molar-refractivity contribution in [2.24, 2.45) is 5.41 Å². The Hall–Kier alpha value is -4.19. The summed E-state index contributed by atoms with van der Waals surface area (Å²) in [4.78, 5) is 33.3. The summed E-state index contributed by atoms with van der Waals surface area (Å²) in [5, 5.41) is 1.08. The highest BCUT2D eigenvalue weighted by Crippen LogP contribution is 2.66. The molecule has 1 aromatic heterocycles. The van der Waals surface area contributed by atoms with Crippen molar-refractivity contribution < 1.29 is 22.7 Å². The number of fused-ring (bicyclic) bond motifs is 9. The van der Waals surface area contributed by atoms with Gasteiger partial charge in [-0.15, -0.1) is 0 Å². The minimum Gasteiger partial charge on any atom is -0.497 e. The van der Waals surface area contributed by atoms with Gasteiger partial charge in [-0.3, -0.25) is 14.5 Å². The monoisotopic (exact) mass is 721 g/mol. The van der Waals surface area contributed by atoms with Crippen molar-refractivity contribution in [2.45, 2.75) is 82.0 Å². The fourth-order valence-electron chi connectivity index (χ4n) is 9.99. The molecule has 3 aliphatic heterocycles. The summed E-state index contributed by atoms with van der Waals surface area (Å²) in [6.07, 6.45) is 7.49. The van der Waals surface area contributed by atoms with Gasteiger partial charge in [0.25, 0.3) is 5.91 Å². The molecular formula is C41H47N5O5S. The van der Waals surface area contributed by atoms with Crippen LogP contribution in [-0.2, 0) is 28.1 Å². The van der Waals surface area contributed by atoms with Crippen LogP contribution in [-0.4, -0.2) is 85.3 Å². The van der Waals surface area contributed by atoms with Crippen LogP contribution in [0.25, 0.3) is 22.2 Å². The molecule has 2 amide bonds. The van der Waals surface area contributed by atoms with E-state index in [9.17, 15) is 13.2 Å². The van der Waals surface area contributed by atoms with Gasteiger partial charge in [0.2, 0.25) is 5.91 Å². The Morgan fingerprint density at radius 2 is 1.75 bits per heavy atom. The zero-order chi connectivity index (χ0) is 35.9. The molecule has 4 heterocycles. The number of likely N-dealkylation sites (tertiary alicyclic amines) is 2. The molecule has 272 valence electrons. The molecule has 0 radical (unpaired) electrons. The van der Waals surface area contributed by atoms with Crippen LogP contribution in [0.15, 0.2) is 66.7 Å². The van der Waals surface area contributed by atoms with E-state index in [2.05, 4.69) is 61.6 Å². The number of carbonyl (C=O) groups is 2. The topological polar surface area (TPSA) is 104 Å². The maximum Gasteiger partial charge on any atom is 0.303 e. The van der Waals surface area contributed by atoms with E-state index in [1.54, 1.807) is 13.2 Å². The number of rotatable bonds is 8. The van der Waals surface area contributed by atoms with Crippen molar-refractivity contribution in [1.82, 2.24) is 23.4 Å². The fraction of sp³-hybridized carbons (Fsp3) is 0.463. The molecule has 2 saturated heterocycles. The van der Waals surface area contributed by atoms with Crippen molar-refractivity contribution in [3.8, 4) is 17.0 Å². The largest absolute Gasteiger partial charge is 0.497 e. The second-order valence-corrected chi connectivity index (χ2v) is 17.8. The Bertz CT molecular complexity index is 2190. The lowest BCUT2D eigenvalue weighted by Gasteiger charge is -2.36. The average molecular weight is 722 g/mol. The smallest absolute Gasteiger partial charge is 0.303 e. The van der Waals surface area contributed by atoms with E-state index < -0.39 is 21.5 Å². The highest BCUT2D eigenvalue weighted by Gasteiger charge is 2.65. The van der Waals surface area contributed by atoms with Crippen molar-refractivity contribution in [1.29, 1.82) is 0 Å². The van der Waals surface area contributed by atoms with Gasteiger partial charge in [0.1, 0.15) is 5.75 Å². The van der Waals surface area contributed by atoms with E-state index in [0.29, 0.717) is 18.5 Å². The van der Waals surface area contributed by atoms with Gasteiger partial charge in [-0.1, -0.05) is 55.7 Å². The SMILES string of the molecule is COc1ccc2c(c1)[C@@H]1C[C@]1(C(=O)N1C[C@@H]3C[C@@H]1CN3Cc1ccccc1)Cn1c-2c(C2CCCCC2)c2ccc(C(=O)NS(=O)(=O)N(C)C)cc21. The number of nitrogens with zero attached hydrogens (tertiary/aromatic N) is 4. The van der Waals surface area contributed by atoms with Gasteiger partial charge in [-0.05, 0) is 78.6 Å². The molecule has 52 heavy (non-hydrogen) atoms. The number of piperazine rings is 1. The maximum atomic E-state index is 15.1. The van der Waals surface area contributed by atoms with Crippen LogP contribution in [0, 0.1) is 5.41 Å². The zero-order valence-electron chi connectivity index (χ0n) is 30.2. The van der Waals surface area contributed by atoms with Gasteiger partial charge < -0.3 is 14.2 Å². The Balaban J connectivity index is 1.14. The highest BCUT2D eigenvalue weighted by molar-refractivity contribution is 7.87. The molecule has 11 heteroatoms. The zero-order valence-corrected chi connectivity index (χ0v) is 31.0. The standard InChI is InChI=1S/C41H47N5O5S/c1-43(2)52(49,50)42-39(47)28-14-16-33-36(18-28)46-25-41(40(48)45-24-29-19-30(45)23-44(29)22-26-10-6-4-7-11-26)21-35(41)34-20-31(51-3)15-17-32(34)38(46)37(33)27-12-8-5-9-13-27/h4,6-7,10-11,14-18,20,27,29-30,35H,5,8-9,12-13,19,21-25H2,1-3H3,(H,42,47)/t29-,30+,35-,41-/m0/s1. The van der Waals surface area contributed by atoms with Crippen LogP contribution in [0.5, 0.6) is 5.75 Å². The predicted molar refractivity (Wildman–Crippen MR) is 200 cm³/mol.